The molecule has 2 rings (SSSR count). The number of nitrogens with zero attached hydrogens (tertiary/aromatic N) is 1. The number of benzene rings is 1. The molecule has 104 valence electrons. The Kier molecular flexibility index (Phi) is 5.70. The van der Waals surface area contributed by atoms with Gasteiger partial charge in [0.2, 0.25) is 0 Å². The molecule has 0 saturated carbocycles. The van der Waals surface area contributed by atoms with Crippen molar-refractivity contribution in [3.63, 3.8) is 0 Å². The highest BCUT2D eigenvalue weighted by Gasteiger charge is 2.01. The van der Waals surface area contributed by atoms with Gasteiger partial charge in [0, 0.05) is 36.9 Å². The van der Waals surface area contributed by atoms with E-state index in [1.54, 1.807) is 7.11 Å². The lowest BCUT2D eigenvalue weighted by atomic mass is 10.2. The van der Waals surface area contributed by atoms with Gasteiger partial charge in [-0.1, -0.05) is 17.7 Å². The van der Waals surface area contributed by atoms with Crippen LogP contribution in [-0.4, -0.2) is 31.4 Å². The number of aryl methyl sites for hydroxylation is 1. The first-order valence-electron chi connectivity index (χ1n) is 6.75. The highest BCUT2D eigenvalue weighted by molar-refractivity contribution is 6.31. The largest absolute Gasteiger partial charge is 0.383 e. The van der Waals surface area contributed by atoms with E-state index in [1.807, 2.05) is 12.1 Å². The number of halogens is 1. The average Bonchev–Trinajstić information content (AvgIpc) is 2.80. The van der Waals surface area contributed by atoms with Crippen molar-refractivity contribution in [1.29, 1.82) is 0 Å². The van der Waals surface area contributed by atoms with Crippen LogP contribution in [0, 0.1) is 0 Å². The quantitative estimate of drug-likeness (QED) is 0.751. The van der Waals surface area contributed by atoms with E-state index in [-0.39, 0.29) is 0 Å². The molecule has 0 aliphatic carbocycles. The summed E-state index contributed by atoms with van der Waals surface area (Å²) < 4.78 is 7.26. The Balaban J connectivity index is 1.77. The van der Waals surface area contributed by atoms with Crippen LogP contribution in [0.5, 0.6) is 0 Å². The van der Waals surface area contributed by atoms with E-state index in [0.29, 0.717) is 0 Å². The van der Waals surface area contributed by atoms with Crippen molar-refractivity contribution in [1.82, 2.24) is 9.88 Å². The first kappa shape index (κ1) is 14.4. The summed E-state index contributed by atoms with van der Waals surface area (Å²) in [5, 5.41) is 5.41. The number of ether oxygens (including phenoxy) is 1. The monoisotopic (exact) mass is 280 g/mol. The van der Waals surface area contributed by atoms with Crippen LogP contribution in [0.15, 0.2) is 30.5 Å². The number of rotatable bonds is 8. The Bertz CT molecular complexity index is 510. The van der Waals surface area contributed by atoms with Crippen LogP contribution in [0.3, 0.4) is 0 Å². The zero-order chi connectivity index (χ0) is 13.5. The molecule has 0 fully saturated rings. The molecule has 0 bridgehead atoms. The van der Waals surface area contributed by atoms with Crippen LogP contribution in [0.25, 0.3) is 10.9 Å². The molecule has 3 nitrogen and oxygen atoms in total. The van der Waals surface area contributed by atoms with Crippen LogP contribution >= 0.6 is 11.6 Å². The molecule has 4 heteroatoms. The predicted octanol–water partition coefficient (Wildman–Crippen LogP) is 3.31. The molecular weight excluding hydrogens is 260 g/mol. The number of hydrogen-bond acceptors (Lipinski definition) is 2. The van der Waals surface area contributed by atoms with E-state index in [0.717, 1.165) is 37.7 Å². The summed E-state index contributed by atoms with van der Waals surface area (Å²) in [5.74, 6) is 0. The molecule has 1 N–H and O–H groups in total. The smallest absolute Gasteiger partial charge is 0.0587 e. The maximum Gasteiger partial charge on any atom is 0.0587 e. The fourth-order valence-corrected chi connectivity index (χ4v) is 2.35. The van der Waals surface area contributed by atoms with Gasteiger partial charge in [0.15, 0.2) is 0 Å². The second-order valence-corrected chi connectivity index (χ2v) is 5.10. The molecule has 0 spiro atoms. The molecule has 0 aliphatic heterocycles. The maximum absolute atomic E-state index is 6.04. The molecule has 0 unspecified atom stereocenters. The number of aromatic nitrogens is 1. The third-order valence-corrected chi connectivity index (χ3v) is 3.46. The second-order valence-electron chi connectivity index (χ2n) is 4.66. The van der Waals surface area contributed by atoms with Crippen molar-refractivity contribution in [2.45, 2.75) is 19.4 Å². The molecular formula is C15H21ClN2O. The topological polar surface area (TPSA) is 26.2 Å². The van der Waals surface area contributed by atoms with Gasteiger partial charge in [-0.3, -0.25) is 0 Å². The van der Waals surface area contributed by atoms with Crippen molar-refractivity contribution >= 4 is 22.5 Å². The summed E-state index contributed by atoms with van der Waals surface area (Å²) in [6, 6.07) is 8.19. The third-order valence-electron chi connectivity index (χ3n) is 3.22. The van der Waals surface area contributed by atoms with E-state index in [9.17, 15) is 0 Å². The highest BCUT2D eigenvalue weighted by Crippen LogP contribution is 2.20. The Morgan fingerprint density at radius 1 is 1.21 bits per heavy atom. The zero-order valence-electron chi connectivity index (χ0n) is 11.4. The SMILES string of the molecule is COCCNCCCCn1ccc2ccc(Cl)cc21. The number of methoxy groups -OCH3 is 1. The molecule has 0 amide bonds. The summed E-state index contributed by atoms with van der Waals surface area (Å²) >= 11 is 6.04. The van der Waals surface area contributed by atoms with Crippen molar-refractivity contribution in [3.05, 3.63) is 35.5 Å². The lowest BCUT2D eigenvalue weighted by molar-refractivity contribution is 0.199. The van der Waals surface area contributed by atoms with Crippen LogP contribution in [-0.2, 0) is 11.3 Å². The standard InChI is InChI=1S/C15H21ClN2O/c1-19-11-8-17-7-2-3-9-18-10-6-13-4-5-14(16)12-15(13)18/h4-6,10,12,17H,2-3,7-9,11H2,1H3. The van der Waals surface area contributed by atoms with Gasteiger partial charge in [0.25, 0.3) is 0 Å². The van der Waals surface area contributed by atoms with Crippen LogP contribution in [0.1, 0.15) is 12.8 Å². The Labute approximate surface area is 119 Å². The maximum atomic E-state index is 6.04. The number of fused-ring (bicyclic) bond motifs is 1. The molecule has 1 heterocycles. The lowest BCUT2D eigenvalue weighted by Gasteiger charge is -2.07. The van der Waals surface area contributed by atoms with Gasteiger partial charge < -0.3 is 14.6 Å². The minimum absolute atomic E-state index is 0.779. The minimum Gasteiger partial charge on any atom is -0.383 e. The summed E-state index contributed by atoms with van der Waals surface area (Å²) in [6.45, 7) is 3.79. The Morgan fingerprint density at radius 2 is 2.11 bits per heavy atom. The lowest BCUT2D eigenvalue weighted by Crippen LogP contribution is -2.20. The summed E-state index contributed by atoms with van der Waals surface area (Å²) in [5.41, 5.74) is 1.22. The highest BCUT2D eigenvalue weighted by atomic mass is 35.5. The van der Waals surface area contributed by atoms with Gasteiger partial charge in [-0.15, -0.1) is 0 Å². The van der Waals surface area contributed by atoms with Gasteiger partial charge in [-0.2, -0.15) is 0 Å². The third kappa shape index (κ3) is 4.23. The molecule has 19 heavy (non-hydrogen) atoms. The van der Waals surface area contributed by atoms with E-state index >= 15 is 0 Å². The first-order valence-corrected chi connectivity index (χ1v) is 7.13. The fourth-order valence-electron chi connectivity index (χ4n) is 2.18. The van der Waals surface area contributed by atoms with E-state index < -0.39 is 0 Å². The van der Waals surface area contributed by atoms with E-state index in [2.05, 4.69) is 28.2 Å². The van der Waals surface area contributed by atoms with Crippen molar-refractivity contribution in [2.24, 2.45) is 0 Å². The van der Waals surface area contributed by atoms with Gasteiger partial charge in [0.1, 0.15) is 0 Å². The summed E-state index contributed by atoms with van der Waals surface area (Å²) in [4.78, 5) is 0. The molecule has 0 aliphatic rings. The van der Waals surface area contributed by atoms with E-state index in [4.69, 9.17) is 16.3 Å². The molecule has 0 atom stereocenters. The first-order chi connectivity index (χ1) is 9.31. The number of unbranched alkanes of at least 4 members (excludes halogenated alkanes) is 1. The number of nitrogens with one attached hydrogen (secondary N) is 1. The Morgan fingerprint density at radius 3 is 2.95 bits per heavy atom. The van der Waals surface area contributed by atoms with Crippen molar-refractivity contribution in [2.75, 3.05) is 26.8 Å². The Hall–Kier alpha value is -1.03. The summed E-state index contributed by atoms with van der Waals surface area (Å²) in [6.07, 6.45) is 4.47. The number of hydrogen-bond donors (Lipinski definition) is 1. The zero-order valence-corrected chi connectivity index (χ0v) is 12.1. The van der Waals surface area contributed by atoms with Crippen LogP contribution < -0.4 is 5.32 Å². The summed E-state index contributed by atoms with van der Waals surface area (Å²) in [7, 11) is 1.73. The second kappa shape index (κ2) is 7.53. The van der Waals surface area contributed by atoms with Crippen LogP contribution in [0.2, 0.25) is 5.02 Å². The minimum atomic E-state index is 0.779. The van der Waals surface area contributed by atoms with E-state index in [1.165, 1.54) is 17.3 Å². The average molecular weight is 281 g/mol. The van der Waals surface area contributed by atoms with Gasteiger partial charge in [-0.25, -0.2) is 0 Å². The van der Waals surface area contributed by atoms with Crippen molar-refractivity contribution < 1.29 is 4.74 Å². The molecule has 1 aromatic heterocycles. The predicted molar refractivity (Wildman–Crippen MR) is 80.9 cm³/mol. The van der Waals surface area contributed by atoms with Crippen LogP contribution in [0.4, 0.5) is 0 Å². The van der Waals surface area contributed by atoms with Gasteiger partial charge >= 0.3 is 0 Å². The normalized spacial score (nSPS) is 11.3. The molecule has 0 saturated heterocycles. The molecule has 0 radical (unpaired) electrons. The van der Waals surface area contributed by atoms with Crippen molar-refractivity contribution in [3.8, 4) is 0 Å². The van der Waals surface area contributed by atoms with Gasteiger partial charge in [-0.05, 0) is 43.0 Å². The fraction of sp³-hybridized carbons (Fsp3) is 0.467. The van der Waals surface area contributed by atoms with Gasteiger partial charge in [0.05, 0.1) is 6.61 Å². The molecule has 2 aromatic rings. The molecule has 1 aromatic carbocycles.